The quantitative estimate of drug-likeness (QED) is 0.340. The highest BCUT2D eigenvalue weighted by molar-refractivity contribution is 5.89. The van der Waals surface area contributed by atoms with Crippen molar-refractivity contribution >= 4 is 23.9 Å². The molecule has 0 aromatic carbocycles. The van der Waals surface area contributed by atoms with E-state index in [0.717, 1.165) is 0 Å². The van der Waals surface area contributed by atoms with Crippen LogP contribution < -0.4 is 16.4 Å². The van der Waals surface area contributed by atoms with Gasteiger partial charge in [0.25, 0.3) is 0 Å². The van der Waals surface area contributed by atoms with Crippen LogP contribution >= 0.6 is 0 Å². The zero-order chi connectivity index (χ0) is 19.6. The normalized spacial score (nSPS) is 13.4. The van der Waals surface area contributed by atoms with Crippen LogP contribution in [0.15, 0.2) is 0 Å². The average Bonchev–Trinajstić information content (AvgIpc) is 2.43. The number of amides is 2. The lowest BCUT2D eigenvalue weighted by Gasteiger charge is -2.19. The molecule has 0 aliphatic rings. The molecule has 25 heavy (non-hydrogen) atoms. The third kappa shape index (κ3) is 11.8. The second-order valence-corrected chi connectivity index (χ2v) is 6.53. The van der Waals surface area contributed by atoms with E-state index in [1.807, 2.05) is 0 Å². The van der Waals surface area contributed by atoms with Gasteiger partial charge in [0.15, 0.2) is 0 Å². The number of nitrogens with one attached hydrogen (secondary N) is 2. The molecule has 10 nitrogen and oxygen atoms in total. The molecule has 2 amide bonds. The van der Waals surface area contributed by atoms with Crippen molar-refractivity contribution in [3.05, 3.63) is 0 Å². The van der Waals surface area contributed by atoms with Gasteiger partial charge in [-0.1, -0.05) is 0 Å². The second-order valence-electron chi connectivity index (χ2n) is 6.53. The molecule has 0 fully saturated rings. The molecule has 0 aliphatic heterocycles. The topological polar surface area (TPSA) is 168 Å². The predicted molar refractivity (Wildman–Crippen MR) is 87.9 cm³/mol. The number of hydrogen-bond donors (Lipinski definition) is 5. The Morgan fingerprint density at radius 3 is 2.20 bits per heavy atom. The number of carboxylic acid groups (broad SMARTS) is 2. The van der Waals surface area contributed by atoms with Crippen molar-refractivity contribution in [1.82, 2.24) is 10.6 Å². The zero-order valence-corrected chi connectivity index (χ0v) is 14.7. The lowest BCUT2D eigenvalue weighted by molar-refractivity contribution is -0.147. The van der Waals surface area contributed by atoms with E-state index < -0.39 is 48.0 Å². The minimum absolute atomic E-state index is 0.265. The number of carboxylic acids is 2. The van der Waals surface area contributed by atoms with Crippen LogP contribution in [0.3, 0.4) is 0 Å². The summed E-state index contributed by atoms with van der Waals surface area (Å²) in [7, 11) is 0. The van der Waals surface area contributed by atoms with Crippen LogP contribution in [0.5, 0.6) is 0 Å². The number of carbonyl (C=O) groups excluding carboxylic acids is 2. The fourth-order valence-corrected chi connectivity index (χ4v) is 1.78. The summed E-state index contributed by atoms with van der Waals surface area (Å²) in [5, 5.41) is 22.1. The molecule has 0 saturated carbocycles. The molecule has 0 saturated heterocycles. The maximum atomic E-state index is 11.8. The Balaban J connectivity index is 4.07. The number of carbonyl (C=O) groups is 4. The number of unbranched alkanes of at least 4 members (excludes halogenated alkanes) is 1. The van der Waals surface area contributed by atoms with E-state index in [9.17, 15) is 19.2 Å². The molecule has 2 atom stereocenters. The first-order valence-electron chi connectivity index (χ1n) is 7.89. The Bertz CT molecular complexity index is 488. The van der Waals surface area contributed by atoms with Crippen LogP contribution in [0.1, 0.15) is 46.5 Å². The van der Waals surface area contributed by atoms with Gasteiger partial charge in [0.1, 0.15) is 11.6 Å². The van der Waals surface area contributed by atoms with E-state index in [-0.39, 0.29) is 6.42 Å². The lowest BCUT2D eigenvalue weighted by Crippen LogP contribution is -2.49. The third-order valence-corrected chi connectivity index (χ3v) is 2.94. The molecular formula is C15H27N3O7. The highest BCUT2D eigenvalue weighted by Crippen LogP contribution is 2.06. The number of ether oxygens (including phenoxy) is 1. The first-order chi connectivity index (χ1) is 11.4. The van der Waals surface area contributed by atoms with E-state index >= 15 is 0 Å². The summed E-state index contributed by atoms with van der Waals surface area (Å²) in [6, 6.07) is -2.48. The number of alkyl carbamates (subject to hydrolysis) is 1. The smallest absolute Gasteiger partial charge is 0.407 e. The van der Waals surface area contributed by atoms with E-state index in [0.29, 0.717) is 19.4 Å². The van der Waals surface area contributed by atoms with Gasteiger partial charge in [-0.2, -0.15) is 0 Å². The Morgan fingerprint density at radius 2 is 1.72 bits per heavy atom. The molecule has 0 rings (SSSR count). The Kier molecular flexibility index (Phi) is 9.50. The fourth-order valence-electron chi connectivity index (χ4n) is 1.78. The molecule has 0 unspecified atom stereocenters. The van der Waals surface area contributed by atoms with Gasteiger partial charge in [-0.15, -0.1) is 0 Å². The summed E-state index contributed by atoms with van der Waals surface area (Å²) in [5.74, 6) is -3.51. The Labute approximate surface area is 146 Å². The molecule has 0 aromatic heterocycles. The zero-order valence-electron chi connectivity index (χ0n) is 14.7. The summed E-state index contributed by atoms with van der Waals surface area (Å²) < 4.78 is 5.06. The molecule has 0 radical (unpaired) electrons. The van der Waals surface area contributed by atoms with Gasteiger partial charge in [0.2, 0.25) is 5.91 Å². The minimum atomic E-state index is -1.52. The molecule has 0 aliphatic carbocycles. The first kappa shape index (κ1) is 22.6. The van der Waals surface area contributed by atoms with Gasteiger partial charge in [-0.05, 0) is 40.0 Å². The summed E-state index contributed by atoms with van der Waals surface area (Å²) in [6.45, 7) is 5.59. The molecule has 0 spiro atoms. The lowest BCUT2D eigenvalue weighted by atomic mass is 10.1. The van der Waals surface area contributed by atoms with Crippen LogP contribution in [0.25, 0.3) is 0 Å². The van der Waals surface area contributed by atoms with Crippen molar-refractivity contribution in [3.8, 4) is 0 Å². The van der Waals surface area contributed by atoms with Crippen molar-refractivity contribution < 1.29 is 34.1 Å². The number of aliphatic carboxylic acids is 2. The van der Waals surface area contributed by atoms with Crippen LogP contribution in [0, 0.1) is 0 Å². The third-order valence-electron chi connectivity index (χ3n) is 2.94. The fraction of sp³-hybridized carbons (Fsp3) is 0.733. The van der Waals surface area contributed by atoms with Gasteiger partial charge < -0.3 is 31.3 Å². The molecule has 0 bridgehead atoms. The maximum Gasteiger partial charge on any atom is 0.407 e. The van der Waals surface area contributed by atoms with E-state index in [1.165, 1.54) is 0 Å². The van der Waals surface area contributed by atoms with Crippen LogP contribution in [-0.2, 0) is 19.1 Å². The molecule has 10 heteroatoms. The predicted octanol–water partition coefficient (Wildman–Crippen LogP) is 0.0528. The van der Waals surface area contributed by atoms with Crippen LogP contribution in [-0.4, -0.2) is 58.4 Å². The van der Waals surface area contributed by atoms with Crippen molar-refractivity contribution in [3.63, 3.8) is 0 Å². The van der Waals surface area contributed by atoms with Crippen LogP contribution in [0.4, 0.5) is 4.79 Å². The number of hydrogen-bond acceptors (Lipinski definition) is 6. The average molecular weight is 361 g/mol. The van der Waals surface area contributed by atoms with Crippen molar-refractivity contribution in [1.29, 1.82) is 0 Å². The van der Waals surface area contributed by atoms with Gasteiger partial charge in [-0.3, -0.25) is 9.59 Å². The number of nitrogens with two attached hydrogens (primary N) is 1. The number of rotatable bonds is 10. The summed E-state index contributed by atoms with van der Waals surface area (Å²) in [4.78, 5) is 44.6. The summed E-state index contributed by atoms with van der Waals surface area (Å²) >= 11 is 0. The molecule has 0 aromatic rings. The van der Waals surface area contributed by atoms with Crippen molar-refractivity contribution in [2.24, 2.45) is 5.73 Å². The summed E-state index contributed by atoms with van der Waals surface area (Å²) in [5.41, 5.74) is 5.08. The minimum Gasteiger partial charge on any atom is -0.481 e. The van der Waals surface area contributed by atoms with Crippen molar-refractivity contribution in [2.45, 2.75) is 64.1 Å². The highest BCUT2D eigenvalue weighted by atomic mass is 16.6. The Hall–Kier alpha value is -2.36. The Morgan fingerprint density at radius 1 is 1.12 bits per heavy atom. The second kappa shape index (κ2) is 10.5. The van der Waals surface area contributed by atoms with Gasteiger partial charge in [0.05, 0.1) is 12.5 Å². The molecular weight excluding hydrogens is 334 g/mol. The molecule has 144 valence electrons. The molecule has 6 N–H and O–H groups in total. The largest absolute Gasteiger partial charge is 0.481 e. The first-order valence-corrected chi connectivity index (χ1v) is 7.89. The van der Waals surface area contributed by atoms with E-state index in [1.54, 1.807) is 20.8 Å². The highest BCUT2D eigenvalue weighted by Gasteiger charge is 2.25. The maximum absolute atomic E-state index is 11.8. The molecule has 0 heterocycles. The van der Waals surface area contributed by atoms with E-state index in [4.69, 9.17) is 20.7 Å². The summed E-state index contributed by atoms with van der Waals surface area (Å²) in [6.07, 6.45) is 0.0701. The SMILES string of the molecule is CC(C)(C)OC(=O)NCCCC[C@H](N)C(=O)N[C@@H](CC(=O)O)C(=O)O. The monoisotopic (exact) mass is 361 g/mol. The van der Waals surface area contributed by atoms with Gasteiger partial charge in [0, 0.05) is 6.54 Å². The van der Waals surface area contributed by atoms with Gasteiger partial charge >= 0.3 is 18.0 Å². The van der Waals surface area contributed by atoms with Crippen LogP contribution in [0.2, 0.25) is 0 Å². The van der Waals surface area contributed by atoms with Crippen molar-refractivity contribution in [2.75, 3.05) is 6.54 Å². The van der Waals surface area contributed by atoms with E-state index in [2.05, 4.69) is 10.6 Å². The van der Waals surface area contributed by atoms with Gasteiger partial charge in [-0.25, -0.2) is 9.59 Å². The standard InChI is InChI=1S/C15H27N3O7/c1-15(2,3)25-14(24)17-7-5-4-6-9(16)12(21)18-10(13(22)23)8-11(19)20/h9-10H,4-8,16H2,1-3H3,(H,17,24)(H,18,21)(H,19,20)(H,22,23)/t9-,10-/m0/s1.